The summed E-state index contributed by atoms with van der Waals surface area (Å²) in [4.78, 5) is 23.3. The lowest BCUT2D eigenvalue weighted by molar-refractivity contribution is -0.115. The summed E-state index contributed by atoms with van der Waals surface area (Å²) in [5.41, 5.74) is 2.10. The molecule has 0 unspecified atom stereocenters. The normalized spacial score (nSPS) is 15.3. The number of nitrogens with one attached hydrogen (secondary N) is 1. The van der Waals surface area contributed by atoms with Crippen LogP contribution < -0.4 is 19.5 Å². The van der Waals surface area contributed by atoms with Gasteiger partial charge in [0.05, 0.1) is 12.0 Å². The lowest BCUT2D eigenvalue weighted by Crippen LogP contribution is -2.17. The van der Waals surface area contributed by atoms with E-state index in [9.17, 15) is 9.59 Å². The van der Waals surface area contributed by atoms with Crippen LogP contribution in [-0.4, -0.2) is 31.5 Å². The zero-order valence-corrected chi connectivity index (χ0v) is 18.3. The number of benzene rings is 2. The molecule has 158 valence electrons. The highest BCUT2D eigenvalue weighted by Crippen LogP contribution is 2.31. The summed E-state index contributed by atoms with van der Waals surface area (Å²) in [5.74, 6) is 1.51. The van der Waals surface area contributed by atoms with Crippen LogP contribution in [0.15, 0.2) is 47.4 Å². The predicted octanol–water partition coefficient (Wildman–Crippen LogP) is 4.77. The Hall–Kier alpha value is -2.93. The summed E-state index contributed by atoms with van der Waals surface area (Å²) < 4.78 is 16.9. The molecular formula is C23H25NO5S. The van der Waals surface area contributed by atoms with E-state index < -0.39 is 5.91 Å². The quantitative estimate of drug-likeness (QED) is 0.507. The molecule has 0 radical (unpaired) electrons. The molecule has 30 heavy (non-hydrogen) atoms. The van der Waals surface area contributed by atoms with Crippen LogP contribution in [0.25, 0.3) is 6.08 Å². The number of ether oxygens (including phenoxy) is 3. The van der Waals surface area contributed by atoms with E-state index in [0.717, 1.165) is 23.1 Å². The number of rotatable bonds is 7. The second kappa shape index (κ2) is 9.26. The molecule has 2 aromatic rings. The molecular weight excluding hydrogens is 402 g/mol. The van der Waals surface area contributed by atoms with Crippen LogP contribution in [0.1, 0.15) is 31.9 Å². The van der Waals surface area contributed by atoms with E-state index in [1.54, 1.807) is 31.4 Å². The minimum atomic E-state index is -0.392. The summed E-state index contributed by atoms with van der Waals surface area (Å²) in [7, 11) is 1.55. The van der Waals surface area contributed by atoms with Crippen molar-refractivity contribution in [1.29, 1.82) is 0 Å². The van der Waals surface area contributed by atoms with Gasteiger partial charge >= 0.3 is 0 Å². The Balaban J connectivity index is 1.56. The Morgan fingerprint density at radius 3 is 2.27 bits per heavy atom. The molecule has 1 aliphatic heterocycles. The monoisotopic (exact) mass is 427 g/mol. The molecule has 0 bridgehead atoms. The molecule has 3 rings (SSSR count). The van der Waals surface area contributed by atoms with Crippen LogP contribution in [-0.2, 0) is 10.2 Å². The van der Waals surface area contributed by atoms with E-state index in [2.05, 4.69) is 38.2 Å². The SMILES string of the molecule is COc1cc(/C=C2\SC(=O)NC2=O)ccc1OCCOc1ccc(C(C)(C)C)cc1. The van der Waals surface area contributed by atoms with Gasteiger partial charge in [-0.2, -0.15) is 0 Å². The third-order valence-electron chi connectivity index (χ3n) is 4.46. The average molecular weight is 428 g/mol. The smallest absolute Gasteiger partial charge is 0.290 e. The van der Waals surface area contributed by atoms with E-state index in [0.29, 0.717) is 29.6 Å². The maximum absolute atomic E-state index is 11.7. The highest BCUT2D eigenvalue weighted by atomic mass is 32.2. The Bertz CT molecular complexity index is 961. The molecule has 2 aromatic carbocycles. The van der Waals surface area contributed by atoms with E-state index in [-0.39, 0.29) is 10.7 Å². The van der Waals surface area contributed by atoms with Crippen molar-refractivity contribution in [2.24, 2.45) is 0 Å². The summed E-state index contributed by atoms with van der Waals surface area (Å²) in [5, 5.41) is 1.86. The highest BCUT2D eigenvalue weighted by Gasteiger charge is 2.25. The number of carbonyl (C=O) groups excluding carboxylic acids is 2. The summed E-state index contributed by atoms with van der Waals surface area (Å²) in [6.07, 6.45) is 1.64. The molecule has 6 nitrogen and oxygen atoms in total. The molecule has 1 aliphatic rings. The van der Waals surface area contributed by atoms with Crippen molar-refractivity contribution < 1.29 is 23.8 Å². The topological polar surface area (TPSA) is 73.9 Å². The third-order valence-corrected chi connectivity index (χ3v) is 5.27. The van der Waals surface area contributed by atoms with Crippen molar-refractivity contribution in [3.05, 3.63) is 58.5 Å². The largest absolute Gasteiger partial charge is 0.493 e. The lowest BCUT2D eigenvalue weighted by atomic mass is 9.87. The predicted molar refractivity (Wildman–Crippen MR) is 118 cm³/mol. The summed E-state index contributed by atoms with van der Waals surface area (Å²) in [6, 6.07) is 13.4. The van der Waals surface area contributed by atoms with Crippen LogP contribution in [0.3, 0.4) is 0 Å². The molecule has 7 heteroatoms. The average Bonchev–Trinajstić information content (AvgIpc) is 3.02. The second-order valence-corrected chi connectivity index (χ2v) is 8.75. The molecule has 0 saturated carbocycles. The first-order chi connectivity index (χ1) is 14.3. The van der Waals surface area contributed by atoms with E-state index >= 15 is 0 Å². The van der Waals surface area contributed by atoms with Gasteiger partial charge in [0.15, 0.2) is 11.5 Å². The minimum Gasteiger partial charge on any atom is -0.493 e. The van der Waals surface area contributed by atoms with Gasteiger partial charge in [0, 0.05) is 0 Å². The van der Waals surface area contributed by atoms with Gasteiger partial charge in [-0.3, -0.25) is 14.9 Å². The standard InChI is InChI=1S/C23H25NO5S/c1-23(2,3)16-6-8-17(9-7-16)28-11-12-29-18-10-5-15(13-19(18)27-4)14-20-21(25)24-22(26)30-20/h5-10,13-14H,11-12H2,1-4H3,(H,24,25,26)/b20-14-. The number of imide groups is 1. The van der Waals surface area contributed by atoms with E-state index in [1.165, 1.54) is 5.56 Å². The fourth-order valence-electron chi connectivity index (χ4n) is 2.83. The van der Waals surface area contributed by atoms with Crippen LogP contribution in [0, 0.1) is 0 Å². The second-order valence-electron chi connectivity index (χ2n) is 7.73. The Morgan fingerprint density at radius 2 is 1.67 bits per heavy atom. The van der Waals surface area contributed by atoms with Gasteiger partial charge in [-0.1, -0.05) is 39.0 Å². The zero-order chi connectivity index (χ0) is 21.7. The number of hydrogen-bond donors (Lipinski definition) is 1. The Morgan fingerprint density at radius 1 is 0.967 bits per heavy atom. The van der Waals surface area contributed by atoms with Crippen molar-refractivity contribution in [2.45, 2.75) is 26.2 Å². The van der Waals surface area contributed by atoms with Crippen molar-refractivity contribution in [2.75, 3.05) is 20.3 Å². The van der Waals surface area contributed by atoms with Crippen LogP contribution in [0.4, 0.5) is 4.79 Å². The summed E-state index contributed by atoms with van der Waals surface area (Å²) in [6.45, 7) is 7.26. The number of thioether (sulfide) groups is 1. The molecule has 0 aliphatic carbocycles. The molecule has 1 fully saturated rings. The first-order valence-corrected chi connectivity index (χ1v) is 10.4. The van der Waals surface area contributed by atoms with Gasteiger partial charge in [-0.25, -0.2) is 0 Å². The van der Waals surface area contributed by atoms with Gasteiger partial charge in [-0.15, -0.1) is 0 Å². The molecule has 0 spiro atoms. The fourth-order valence-corrected chi connectivity index (χ4v) is 3.51. The van der Waals surface area contributed by atoms with Gasteiger partial charge in [0.25, 0.3) is 11.1 Å². The maximum atomic E-state index is 11.7. The van der Waals surface area contributed by atoms with Crippen LogP contribution in [0.5, 0.6) is 17.2 Å². The number of amides is 2. The molecule has 0 atom stereocenters. The molecule has 1 heterocycles. The van der Waals surface area contributed by atoms with Gasteiger partial charge < -0.3 is 14.2 Å². The Kier molecular flexibility index (Phi) is 6.72. The minimum absolute atomic E-state index is 0.107. The zero-order valence-electron chi connectivity index (χ0n) is 17.5. The summed E-state index contributed by atoms with van der Waals surface area (Å²) >= 11 is 0.876. The number of methoxy groups -OCH3 is 1. The first kappa shape index (κ1) is 21.8. The van der Waals surface area contributed by atoms with Gasteiger partial charge in [-0.05, 0) is 58.6 Å². The number of hydrogen-bond acceptors (Lipinski definition) is 6. The van der Waals surface area contributed by atoms with Crippen LogP contribution >= 0.6 is 11.8 Å². The van der Waals surface area contributed by atoms with Crippen LogP contribution in [0.2, 0.25) is 0 Å². The van der Waals surface area contributed by atoms with Crippen molar-refractivity contribution in [3.8, 4) is 17.2 Å². The Labute approximate surface area is 180 Å². The highest BCUT2D eigenvalue weighted by molar-refractivity contribution is 8.18. The van der Waals surface area contributed by atoms with Crippen molar-refractivity contribution in [3.63, 3.8) is 0 Å². The fraction of sp³-hybridized carbons (Fsp3) is 0.304. The first-order valence-electron chi connectivity index (χ1n) is 9.55. The maximum Gasteiger partial charge on any atom is 0.290 e. The van der Waals surface area contributed by atoms with E-state index in [4.69, 9.17) is 14.2 Å². The number of carbonyl (C=O) groups is 2. The van der Waals surface area contributed by atoms with Gasteiger partial charge in [0.2, 0.25) is 0 Å². The molecule has 0 aromatic heterocycles. The lowest BCUT2D eigenvalue weighted by Gasteiger charge is -2.19. The molecule has 2 amide bonds. The third kappa shape index (κ3) is 5.57. The molecule has 1 N–H and O–H groups in total. The molecule has 1 saturated heterocycles. The van der Waals surface area contributed by atoms with Crippen molar-refractivity contribution >= 4 is 29.0 Å². The van der Waals surface area contributed by atoms with Gasteiger partial charge in [0.1, 0.15) is 19.0 Å². The van der Waals surface area contributed by atoms with E-state index in [1.807, 2.05) is 12.1 Å². The van der Waals surface area contributed by atoms with Crippen molar-refractivity contribution in [1.82, 2.24) is 5.32 Å².